The average Bonchev–Trinajstić information content (AvgIpc) is 3.47. The molecule has 5 rings (SSSR count). The molecule has 2 aliphatic heterocycles. The van der Waals surface area contributed by atoms with Crippen molar-refractivity contribution < 1.29 is 17.9 Å². The van der Waals surface area contributed by atoms with Gasteiger partial charge in [-0.2, -0.15) is 4.31 Å². The third-order valence-electron chi connectivity index (χ3n) is 5.19. The first-order valence-corrected chi connectivity index (χ1v) is 10.6. The molecule has 0 N–H and O–H groups in total. The summed E-state index contributed by atoms with van der Waals surface area (Å²) in [4.78, 5) is 2.08. The van der Waals surface area contributed by atoms with E-state index < -0.39 is 10.0 Å². The summed E-state index contributed by atoms with van der Waals surface area (Å²) in [6.45, 7) is 2.51. The lowest BCUT2D eigenvalue weighted by Crippen LogP contribution is -2.49. The standard InChI is InChI=1S/C18H20N4O4S/c23-27(24,14-2-3-14)22-9-7-21(8-10-22)18-6-4-15(19-20-18)13-1-5-16-17(11-13)26-12-25-16/h1,4-6,11,14H,2-3,7-10,12H2. The van der Waals surface area contributed by atoms with Gasteiger partial charge in [0.25, 0.3) is 0 Å². The maximum absolute atomic E-state index is 12.3. The summed E-state index contributed by atoms with van der Waals surface area (Å²) >= 11 is 0. The number of fused-ring (bicyclic) bond motifs is 1. The number of sulfonamides is 1. The van der Waals surface area contributed by atoms with Crippen molar-refractivity contribution in [3.05, 3.63) is 30.3 Å². The molecule has 1 aromatic heterocycles. The van der Waals surface area contributed by atoms with E-state index >= 15 is 0 Å². The number of benzene rings is 1. The second-order valence-electron chi connectivity index (χ2n) is 6.98. The lowest BCUT2D eigenvalue weighted by molar-refractivity contribution is 0.174. The van der Waals surface area contributed by atoms with Crippen LogP contribution in [0.4, 0.5) is 5.82 Å². The highest BCUT2D eigenvalue weighted by Gasteiger charge is 2.41. The molecule has 1 saturated carbocycles. The van der Waals surface area contributed by atoms with Crippen molar-refractivity contribution in [2.24, 2.45) is 0 Å². The first-order valence-electron chi connectivity index (χ1n) is 9.09. The summed E-state index contributed by atoms with van der Waals surface area (Å²) in [5.74, 6) is 2.22. The van der Waals surface area contributed by atoms with Crippen LogP contribution in [-0.2, 0) is 10.0 Å². The zero-order valence-corrected chi connectivity index (χ0v) is 15.6. The lowest BCUT2D eigenvalue weighted by Gasteiger charge is -2.34. The average molecular weight is 388 g/mol. The van der Waals surface area contributed by atoms with Crippen molar-refractivity contribution in [2.75, 3.05) is 37.9 Å². The molecule has 0 spiro atoms. The molecule has 8 nitrogen and oxygen atoms in total. The van der Waals surface area contributed by atoms with Gasteiger partial charge in [-0.3, -0.25) is 0 Å². The van der Waals surface area contributed by atoms with Crippen LogP contribution in [0.3, 0.4) is 0 Å². The number of nitrogens with zero attached hydrogens (tertiary/aromatic N) is 4. The van der Waals surface area contributed by atoms with Crippen LogP contribution >= 0.6 is 0 Å². The van der Waals surface area contributed by atoms with Crippen LogP contribution in [0.15, 0.2) is 30.3 Å². The predicted molar refractivity (Wildman–Crippen MR) is 99.3 cm³/mol. The van der Waals surface area contributed by atoms with Gasteiger partial charge >= 0.3 is 0 Å². The first-order chi connectivity index (χ1) is 13.1. The van der Waals surface area contributed by atoms with Crippen LogP contribution in [-0.4, -0.2) is 61.1 Å². The monoisotopic (exact) mass is 388 g/mol. The minimum atomic E-state index is -3.09. The molecular weight excluding hydrogens is 368 g/mol. The van der Waals surface area contributed by atoms with Crippen LogP contribution in [0.5, 0.6) is 11.5 Å². The minimum absolute atomic E-state index is 0.148. The highest BCUT2D eigenvalue weighted by atomic mass is 32.2. The number of ether oxygens (including phenoxy) is 2. The fourth-order valence-electron chi connectivity index (χ4n) is 3.45. The van der Waals surface area contributed by atoms with Gasteiger partial charge in [0.1, 0.15) is 0 Å². The van der Waals surface area contributed by atoms with Gasteiger partial charge in [-0.25, -0.2) is 8.42 Å². The molecule has 1 aliphatic carbocycles. The molecule has 0 bridgehead atoms. The van der Waals surface area contributed by atoms with Crippen LogP contribution < -0.4 is 14.4 Å². The number of piperazine rings is 1. The molecule has 1 saturated heterocycles. The van der Waals surface area contributed by atoms with Crippen molar-refractivity contribution in [2.45, 2.75) is 18.1 Å². The Hall–Kier alpha value is -2.39. The van der Waals surface area contributed by atoms with E-state index in [0.29, 0.717) is 31.9 Å². The van der Waals surface area contributed by atoms with E-state index in [4.69, 9.17) is 9.47 Å². The van der Waals surface area contributed by atoms with E-state index in [0.717, 1.165) is 35.7 Å². The molecule has 3 heterocycles. The zero-order valence-electron chi connectivity index (χ0n) is 14.7. The minimum Gasteiger partial charge on any atom is -0.454 e. The molecule has 0 unspecified atom stereocenters. The van der Waals surface area contributed by atoms with Crippen molar-refractivity contribution >= 4 is 15.8 Å². The van der Waals surface area contributed by atoms with Crippen molar-refractivity contribution in [1.82, 2.24) is 14.5 Å². The van der Waals surface area contributed by atoms with E-state index in [-0.39, 0.29) is 12.0 Å². The first kappa shape index (κ1) is 16.8. The molecule has 2 aromatic rings. The van der Waals surface area contributed by atoms with Crippen LogP contribution in [0.1, 0.15) is 12.8 Å². The Bertz CT molecular complexity index is 952. The second-order valence-corrected chi connectivity index (χ2v) is 9.19. The number of aromatic nitrogens is 2. The third-order valence-corrected chi connectivity index (χ3v) is 7.59. The predicted octanol–water partition coefficient (Wildman–Crippen LogP) is 1.49. The number of anilines is 1. The highest BCUT2D eigenvalue weighted by Crippen LogP contribution is 2.35. The molecular formula is C18H20N4O4S. The molecule has 0 amide bonds. The summed E-state index contributed by atoms with van der Waals surface area (Å²) in [5.41, 5.74) is 1.67. The Morgan fingerprint density at radius 2 is 1.70 bits per heavy atom. The number of rotatable bonds is 4. The van der Waals surface area contributed by atoms with Crippen LogP contribution in [0, 0.1) is 0 Å². The largest absolute Gasteiger partial charge is 0.454 e. The number of hydrogen-bond donors (Lipinski definition) is 0. The van der Waals surface area contributed by atoms with E-state index in [2.05, 4.69) is 15.1 Å². The smallest absolute Gasteiger partial charge is 0.231 e. The van der Waals surface area contributed by atoms with E-state index in [9.17, 15) is 8.42 Å². The fraction of sp³-hybridized carbons (Fsp3) is 0.444. The second kappa shape index (κ2) is 6.35. The van der Waals surface area contributed by atoms with Crippen LogP contribution in [0.25, 0.3) is 11.3 Å². The maximum Gasteiger partial charge on any atom is 0.231 e. The summed E-state index contributed by atoms with van der Waals surface area (Å²) in [5, 5.41) is 8.53. The van der Waals surface area contributed by atoms with Gasteiger partial charge in [0.05, 0.1) is 10.9 Å². The maximum atomic E-state index is 12.3. The SMILES string of the molecule is O=S(=O)(C1CC1)N1CCN(c2ccc(-c3ccc4c(c3)OCO4)nn2)CC1. The van der Waals surface area contributed by atoms with Crippen molar-refractivity contribution in [1.29, 1.82) is 0 Å². The Balaban J connectivity index is 1.27. The Morgan fingerprint density at radius 3 is 2.41 bits per heavy atom. The molecule has 0 radical (unpaired) electrons. The number of hydrogen-bond acceptors (Lipinski definition) is 7. The highest BCUT2D eigenvalue weighted by molar-refractivity contribution is 7.90. The zero-order chi connectivity index (χ0) is 18.4. The van der Waals surface area contributed by atoms with Crippen molar-refractivity contribution in [3.63, 3.8) is 0 Å². The Morgan fingerprint density at radius 1 is 0.926 bits per heavy atom. The summed E-state index contributed by atoms with van der Waals surface area (Å²) in [7, 11) is -3.09. The van der Waals surface area contributed by atoms with Gasteiger partial charge in [-0.05, 0) is 43.2 Å². The van der Waals surface area contributed by atoms with Gasteiger partial charge in [-0.1, -0.05) is 0 Å². The molecule has 2 fully saturated rings. The van der Waals surface area contributed by atoms with Crippen molar-refractivity contribution in [3.8, 4) is 22.8 Å². The van der Waals surface area contributed by atoms with Gasteiger partial charge < -0.3 is 14.4 Å². The van der Waals surface area contributed by atoms with E-state index in [1.807, 2.05) is 30.3 Å². The van der Waals surface area contributed by atoms with E-state index in [1.165, 1.54) is 0 Å². The molecule has 0 atom stereocenters. The molecule has 27 heavy (non-hydrogen) atoms. The molecule has 1 aromatic carbocycles. The summed E-state index contributed by atoms with van der Waals surface area (Å²) in [6.07, 6.45) is 1.60. The molecule has 142 valence electrons. The van der Waals surface area contributed by atoms with Gasteiger partial charge in [0.15, 0.2) is 17.3 Å². The Kier molecular flexibility index (Phi) is 3.94. The molecule has 3 aliphatic rings. The van der Waals surface area contributed by atoms with Gasteiger partial charge in [-0.15, -0.1) is 10.2 Å². The van der Waals surface area contributed by atoms with Gasteiger partial charge in [0.2, 0.25) is 16.8 Å². The Labute approximate surface area is 157 Å². The third kappa shape index (κ3) is 3.10. The van der Waals surface area contributed by atoms with E-state index in [1.54, 1.807) is 4.31 Å². The molecule has 9 heteroatoms. The topological polar surface area (TPSA) is 84.9 Å². The normalized spacial score (nSPS) is 20.1. The fourth-order valence-corrected chi connectivity index (χ4v) is 5.28. The van der Waals surface area contributed by atoms with Gasteiger partial charge in [0, 0.05) is 31.7 Å². The quantitative estimate of drug-likeness (QED) is 0.784. The summed E-state index contributed by atoms with van der Waals surface area (Å²) in [6, 6.07) is 9.55. The summed E-state index contributed by atoms with van der Waals surface area (Å²) < 4.78 is 37.0. The lowest BCUT2D eigenvalue weighted by atomic mass is 10.1. The van der Waals surface area contributed by atoms with Crippen LogP contribution in [0.2, 0.25) is 0 Å².